The highest BCUT2D eigenvalue weighted by Gasteiger charge is 2.41. The van der Waals surface area contributed by atoms with Gasteiger partial charge in [0.15, 0.2) is 0 Å². The molecule has 1 fully saturated rings. The first kappa shape index (κ1) is 9.96. The van der Waals surface area contributed by atoms with Crippen LogP contribution in [0, 0.1) is 5.41 Å². The Bertz CT molecular complexity index is 256. The summed E-state index contributed by atoms with van der Waals surface area (Å²) in [5.41, 5.74) is -0.383. The monoisotopic (exact) mass is 194 g/mol. The topological polar surface area (TPSA) is 34.1 Å². The van der Waals surface area contributed by atoms with Gasteiger partial charge in [-0.25, -0.2) is 0 Å². The van der Waals surface area contributed by atoms with E-state index in [1.54, 1.807) is 0 Å². The lowest BCUT2D eigenvalue weighted by Crippen LogP contribution is -2.37. The van der Waals surface area contributed by atoms with Crippen molar-refractivity contribution in [1.82, 2.24) is 0 Å². The van der Waals surface area contributed by atoms with E-state index >= 15 is 0 Å². The van der Waals surface area contributed by atoms with E-state index in [2.05, 4.69) is 0 Å². The van der Waals surface area contributed by atoms with Crippen LogP contribution in [0.3, 0.4) is 0 Å². The van der Waals surface area contributed by atoms with Crippen molar-refractivity contribution in [1.29, 1.82) is 0 Å². The largest absolute Gasteiger partial charge is 0.305 e. The number of hydrogen-bond donors (Lipinski definition) is 0. The molecular weight excluding hydrogens is 179 g/mol. The Kier molecular flexibility index (Phi) is 2.47. The molecule has 4 heteroatoms. The third kappa shape index (κ3) is 1.97. The lowest BCUT2D eigenvalue weighted by molar-refractivity contribution is 0.242. The Labute approximate surface area is 73.4 Å². The van der Waals surface area contributed by atoms with E-state index in [-0.39, 0.29) is 5.41 Å². The number of hydrogen-bond acceptors (Lipinski definition) is 2. The number of rotatable bonds is 1. The van der Waals surface area contributed by atoms with E-state index in [0.29, 0.717) is 6.42 Å². The second-order valence-corrected chi connectivity index (χ2v) is 5.72. The molecule has 12 heavy (non-hydrogen) atoms. The Morgan fingerprint density at radius 1 is 1.33 bits per heavy atom. The lowest BCUT2D eigenvalue weighted by Gasteiger charge is -2.35. The van der Waals surface area contributed by atoms with E-state index < -0.39 is 15.5 Å². The van der Waals surface area contributed by atoms with E-state index in [9.17, 15) is 12.3 Å². The zero-order chi connectivity index (χ0) is 9.41. The molecule has 0 aromatic heterocycles. The minimum absolute atomic E-state index is 0.383. The molecule has 1 saturated carbocycles. The van der Waals surface area contributed by atoms with E-state index in [1.165, 1.54) is 0 Å². The summed E-state index contributed by atoms with van der Waals surface area (Å²) in [7, 11) is -4.33. The molecule has 1 rings (SSSR count). The molecule has 0 aromatic carbocycles. The second kappa shape index (κ2) is 2.98. The summed E-state index contributed by atoms with van der Waals surface area (Å²) in [6, 6.07) is 0. The van der Waals surface area contributed by atoms with Crippen LogP contribution in [0.2, 0.25) is 0 Å². The molecule has 1 atom stereocenters. The van der Waals surface area contributed by atoms with Crippen LogP contribution in [0.1, 0.15) is 39.5 Å². The minimum atomic E-state index is -4.33. The zero-order valence-corrected chi connectivity index (χ0v) is 8.32. The third-order valence-corrected chi connectivity index (χ3v) is 4.30. The summed E-state index contributed by atoms with van der Waals surface area (Å²) in [6.07, 6.45) is 3.13. The van der Waals surface area contributed by atoms with Gasteiger partial charge in [0.05, 0.1) is 5.25 Å². The molecule has 0 spiro atoms. The Morgan fingerprint density at radius 3 is 2.25 bits per heavy atom. The molecule has 1 aliphatic rings. The summed E-state index contributed by atoms with van der Waals surface area (Å²) < 4.78 is 34.2. The van der Waals surface area contributed by atoms with Crippen molar-refractivity contribution in [3.05, 3.63) is 0 Å². The molecule has 0 saturated heterocycles. The van der Waals surface area contributed by atoms with Crippen molar-refractivity contribution in [3.8, 4) is 0 Å². The van der Waals surface area contributed by atoms with Crippen LogP contribution < -0.4 is 0 Å². The van der Waals surface area contributed by atoms with Gasteiger partial charge in [-0.05, 0) is 18.3 Å². The average Bonchev–Trinajstić information content (AvgIpc) is 1.83. The van der Waals surface area contributed by atoms with Crippen molar-refractivity contribution >= 4 is 10.2 Å². The molecule has 1 aliphatic carbocycles. The van der Waals surface area contributed by atoms with Crippen molar-refractivity contribution in [3.63, 3.8) is 0 Å². The van der Waals surface area contributed by atoms with Gasteiger partial charge in [0.1, 0.15) is 0 Å². The summed E-state index contributed by atoms with van der Waals surface area (Å²) in [5.74, 6) is 0. The van der Waals surface area contributed by atoms with Crippen molar-refractivity contribution < 1.29 is 12.3 Å². The zero-order valence-electron chi connectivity index (χ0n) is 7.51. The van der Waals surface area contributed by atoms with Gasteiger partial charge in [0.2, 0.25) is 0 Å². The van der Waals surface area contributed by atoms with Gasteiger partial charge in [0.25, 0.3) is 0 Å². The first-order valence-electron chi connectivity index (χ1n) is 4.27. The van der Waals surface area contributed by atoms with Crippen LogP contribution in [0.5, 0.6) is 0 Å². The Morgan fingerprint density at radius 2 is 1.92 bits per heavy atom. The van der Waals surface area contributed by atoms with E-state index in [1.807, 2.05) is 13.8 Å². The molecular formula is C8H15FO2S. The molecule has 0 aromatic rings. The van der Waals surface area contributed by atoms with Gasteiger partial charge in [-0.1, -0.05) is 26.7 Å². The predicted octanol–water partition coefficient (Wildman–Crippen LogP) is 2.25. The standard InChI is InChI=1S/C8H15FO2S/c1-8(2)6-4-3-5-7(8)12(9,10)11/h7H,3-6H2,1-2H3. The van der Waals surface area contributed by atoms with Crippen LogP contribution in [-0.4, -0.2) is 13.7 Å². The summed E-state index contributed by atoms with van der Waals surface area (Å²) in [6.45, 7) is 3.65. The summed E-state index contributed by atoms with van der Waals surface area (Å²) in [4.78, 5) is 0. The highest BCUT2D eigenvalue weighted by Crippen LogP contribution is 2.39. The molecule has 0 heterocycles. The molecule has 2 nitrogen and oxygen atoms in total. The van der Waals surface area contributed by atoms with Gasteiger partial charge in [0, 0.05) is 0 Å². The molecule has 0 N–H and O–H groups in total. The molecule has 0 amide bonds. The van der Waals surface area contributed by atoms with Crippen LogP contribution in [-0.2, 0) is 10.2 Å². The molecule has 0 aliphatic heterocycles. The van der Waals surface area contributed by atoms with Crippen molar-refractivity contribution in [2.24, 2.45) is 5.41 Å². The first-order valence-corrected chi connectivity index (χ1v) is 5.72. The van der Waals surface area contributed by atoms with Crippen LogP contribution in [0.15, 0.2) is 0 Å². The van der Waals surface area contributed by atoms with Gasteiger partial charge in [-0.2, -0.15) is 8.42 Å². The maximum absolute atomic E-state index is 12.7. The summed E-state index contributed by atoms with van der Waals surface area (Å²) >= 11 is 0. The van der Waals surface area contributed by atoms with Crippen LogP contribution in [0.25, 0.3) is 0 Å². The smallest absolute Gasteiger partial charge is 0.195 e. The van der Waals surface area contributed by atoms with Crippen LogP contribution in [0.4, 0.5) is 3.89 Å². The lowest BCUT2D eigenvalue weighted by atomic mass is 9.77. The molecule has 0 bridgehead atoms. The molecule has 72 valence electrons. The van der Waals surface area contributed by atoms with Crippen LogP contribution >= 0.6 is 0 Å². The maximum atomic E-state index is 12.7. The average molecular weight is 194 g/mol. The van der Waals surface area contributed by atoms with E-state index in [4.69, 9.17) is 0 Å². The third-order valence-electron chi connectivity index (χ3n) is 2.75. The number of halogens is 1. The van der Waals surface area contributed by atoms with Gasteiger partial charge < -0.3 is 0 Å². The van der Waals surface area contributed by atoms with Crippen molar-refractivity contribution in [2.75, 3.05) is 0 Å². The normalized spacial score (nSPS) is 30.1. The fraction of sp³-hybridized carbons (Fsp3) is 1.00. The fourth-order valence-corrected chi connectivity index (χ4v) is 3.31. The fourth-order valence-electron chi connectivity index (χ4n) is 1.98. The van der Waals surface area contributed by atoms with Gasteiger partial charge in [-0.3, -0.25) is 0 Å². The van der Waals surface area contributed by atoms with E-state index in [0.717, 1.165) is 19.3 Å². The highest BCUT2D eigenvalue weighted by molar-refractivity contribution is 7.87. The SMILES string of the molecule is CC1(C)CCCCC1S(=O)(=O)F. The Balaban J connectivity index is 2.88. The predicted molar refractivity (Wildman–Crippen MR) is 46.1 cm³/mol. The van der Waals surface area contributed by atoms with Gasteiger partial charge >= 0.3 is 10.2 Å². The Hall–Kier alpha value is -0.120. The second-order valence-electron chi connectivity index (χ2n) is 4.20. The highest BCUT2D eigenvalue weighted by atomic mass is 32.3. The quantitative estimate of drug-likeness (QED) is 0.600. The first-order chi connectivity index (χ1) is 5.34. The molecule has 1 unspecified atom stereocenters. The maximum Gasteiger partial charge on any atom is 0.305 e. The van der Waals surface area contributed by atoms with Crippen molar-refractivity contribution in [2.45, 2.75) is 44.8 Å². The van der Waals surface area contributed by atoms with Gasteiger partial charge in [-0.15, -0.1) is 3.89 Å². The molecule has 0 radical (unpaired) electrons. The summed E-state index contributed by atoms with van der Waals surface area (Å²) in [5, 5.41) is -0.779. The minimum Gasteiger partial charge on any atom is -0.195 e.